The van der Waals surface area contributed by atoms with E-state index in [1.165, 1.54) is 0 Å². The predicted octanol–water partition coefficient (Wildman–Crippen LogP) is 5.81. The van der Waals surface area contributed by atoms with Gasteiger partial charge in [0, 0.05) is 18.9 Å². The molecule has 2 heterocycles. The molecule has 1 atom stereocenters. The largest absolute Gasteiger partial charge is 0.497 e. The van der Waals surface area contributed by atoms with Crippen LogP contribution in [0, 0.1) is 6.92 Å². The standard InChI is InChI=1S/C27H27NO6S/c1-18-23(28-25(33-18)24-8-5-15-35-24)13-14-32-20-11-9-19(10-12-20)17-27(2,26(29)30)34-22-7-4-6-21(16-22)31-3/h4-12,15-16H,13-14,17H2,1-3H3,(H,29,30). The molecule has 0 aliphatic rings. The number of aliphatic carboxylic acids is 1. The topological polar surface area (TPSA) is 91.0 Å². The number of ether oxygens (including phenoxy) is 3. The molecular formula is C27H27NO6S. The van der Waals surface area contributed by atoms with Gasteiger partial charge in [0.1, 0.15) is 23.0 Å². The van der Waals surface area contributed by atoms with Crippen LogP contribution in [0.5, 0.6) is 17.2 Å². The van der Waals surface area contributed by atoms with Crippen molar-refractivity contribution in [3.8, 4) is 28.0 Å². The Morgan fingerprint density at radius 2 is 1.86 bits per heavy atom. The van der Waals surface area contributed by atoms with Gasteiger partial charge in [0.05, 0.1) is 24.3 Å². The van der Waals surface area contributed by atoms with Gasteiger partial charge < -0.3 is 23.7 Å². The summed E-state index contributed by atoms with van der Waals surface area (Å²) < 4.78 is 22.7. The van der Waals surface area contributed by atoms with E-state index in [1.54, 1.807) is 49.6 Å². The van der Waals surface area contributed by atoms with Gasteiger partial charge in [-0.15, -0.1) is 11.3 Å². The molecule has 2 aromatic heterocycles. The van der Waals surface area contributed by atoms with Gasteiger partial charge in [-0.25, -0.2) is 9.78 Å². The summed E-state index contributed by atoms with van der Waals surface area (Å²) in [6.45, 7) is 3.91. The van der Waals surface area contributed by atoms with E-state index >= 15 is 0 Å². The van der Waals surface area contributed by atoms with Crippen LogP contribution < -0.4 is 14.2 Å². The monoisotopic (exact) mass is 493 g/mol. The third kappa shape index (κ3) is 6.02. The van der Waals surface area contributed by atoms with E-state index in [9.17, 15) is 9.90 Å². The van der Waals surface area contributed by atoms with Crippen molar-refractivity contribution in [3.63, 3.8) is 0 Å². The van der Waals surface area contributed by atoms with Crippen molar-refractivity contribution in [1.82, 2.24) is 4.98 Å². The molecule has 0 amide bonds. The van der Waals surface area contributed by atoms with Crippen molar-refractivity contribution >= 4 is 17.3 Å². The summed E-state index contributed by atoms with van der Waals surface area (Å²) in [4.78, 5) is 17.6. The molecule has 0 bridgehead atoms. The van der Waals surface area contributed by atoms with Crippen molar-refractivity contribution in [3.05, 3.63) is 83.1 Å². The van der Waals surface area contributed by atoms with E-state index in [0.717, 1.165) is 21.9 Å². The maximum absolute atomic E-state index is 12.0. The van der Waals surface area contributed by atoms with Crippen molar-refractivity contribution in [2.24, 2.45) is 0 Å². The van der Waals surface area contributed by atoms with Crippen molar-refractivity contribution in [2.75, 3.05) is 13.7 Å². The number of aromatic nitrogens is 1. The number of benzene rings is 2. The third-order valence-corrected chi connectivity index (χ3v) is 6.39. The number of aryl methyl sites for hydroxylation is 1. The smallest absolute Gasteiger partial charge is 0.348 e. The third-order valence-electron chi connectivity index (χ3n) is 5.53. The Balaban J connectivity index is 1.35. The maximum atomic E-state index is 12.0. The molecule has 1 N–H and O–H groups in total. The first-order valence-corrected chi connectivity index (χ1v) is 12.0. The highest BCUT2D eigenvalue weighted by molar-refractivity contribution is 7.13. The maximum Gasteiger partial charge on any atom is 0.348 e. The lowest BCUT2D eigenvalue weighted by Gasteiger charge is -2.26. The average molecular weight is 494 g/mol. The molecule has 0 saturated heterocycles. The highest BCUT2D eigenvalue weighted by Gasteiger charge is 2.36. The molecule has 0 aliphatic carbocycles. The van der Waals surface area contributed by atoms with Gasteiger partial charge in [0.25, 0.3) is 0 Å². The van der Waals surface area contributed by atoms with Gasteiger partial charge in [-0.1, -0.05) is 24.3 Å². The van der Waals surface area contributed by atoms with Crippen molar-refractivity contribution in [1.29, 1.82) is 0 Å². The molecule has 35 heavy (non-hydrogen) atoms. The zero-order valence-corrected chi connectivity index (χ0v) is 20.6. The zero-order valence-electron chi connectivity index (χ0n) is 19.8. The Labute approximate surface area is 207 Å². The van der Waals surface area contributed by atoms with Gasteiger partial charge in [0.15, 0.2) is 0 Å². The Morgan fingerprint density at radius 1 is 1.09 bits per heavy atom. The second kappa shape index (κ2) is 10.7. The van der Waals surface area contributed by atoms with E-state index in [0.29, 0.717) is 36.2 Å². The van der Waals surface area contributed by atoms with Crippen LogP contribution in [0.25, 0.3) is 10.8 Å². The fourth-order valence-corrected chi connectivity index (χ4v) is 4.25. The Morgan fingerprint density at radius 3 is 2.54 bits per heavy atom. The number of carbonyl (C=O) groups is 1. The van der Waals surface area contributed by atoms with E-state index < -0.39 is 11.6 Å². The number of carboxylic acid groups (broad SMARTS) is 1. The summed E-state index contributed by atoms with van der Waals surface area (Å²) in [6.07, 6.45) is 0.803. The summed E-state index contributed by atoms with van der Waals surface area (Å²) in [7, 11) is 1.55. The lowest BCUT2D eigenvalue weighted by Crippen LogP contribution is -2.43. The highest BCUT2D eigenvalue weighted by atomic mass is 32.1. The molecule has 0 saturated carbocycles. The summed E-state index contributed by atoms with van der Waals surface area (Å²) in [5.74, 6) is 2.09. The first-order valence-electron chi connectivity index (χ1n) is 11.1. The Kier molecular flexibility index (Phi) is 7.41. The van der Waals surface area contributed by atoms with E-state index in [4.69, 9.17) is 18.6 Å². The van der Waals surface area contributed by atoms with Crippen molar-refractivity contribution < 1.29 is 28.5 Å². The molecule has 1 unspecified atom stereocenters. The van der Waals surface area contributed by atoms with Crippen LogP contribution in [-0.4, -0.2) is 35.4 Å². The normalized spacial score (nSPS) is 12.7. The van der Waals surface area contributed by atoms with Crippen LogP contribution in [0.1, 0.15) is 23.9 Å². The molecule has 8 heteroatoms. The molecule has 4 rings (SSSR count). The molecule has 0 fully saturated rings. The van der Waals surface area contributed by atoms with E-state index in [2.05, 4.69) is 4.98 Å². The first-order chi connectivity index (χ1) is 16.9. The predicted molar refractivity (Wildman–Crippen MR) is 134 cm³/mol. The molecule has 7 nitrogen and oxygen atoms in total. The quantitative estimate of drug-likeness (QED) is 0.282. The minimum Gasteiger partial charge on any atom is -0.497 e. The van der Waals surface area contributed by atoms with E-state index in [1.807, 2.05) is 48.7 Å². The Hall–Kier alpha value is -3.78. The highest BCUT2D eigenvalue weighted by Crippen LogP contribution is 2.28. The van der Waals surface area contributed by atoms with E-state index in [-0.39, 0.29) is 6.42 Å². The molecule has 0 spiro atoms. The van der Waals surface area contributed by atoms with Crippen LogP contribution in [0.15, 0.2) is 70.5 Å². The molecule has 0 radical (unpaired) electrons. The summed E-state index contributed by atoms with van der Waals surface area (Å²) >= 11 is 1.59. The summed E-state index contributed by atoms with van der Waals surface area (Å²) in [5, 5.41) is 11.8. The van der Waals surface area contributed by atoms with Gasteiger partial charge in [-0.05, 0) is 55.1 Å². The number of carboxylic acids is 1. The number of oxazole rings is 1. The number of methoxy groups -OCH3 is 1. The summed E-state index contributed by atoms with van der Waals surface area (Å²) in [5.41, 5.74) is 0.245. The van der Waals surface area contributed by atoms with Gasteiger partial charge in [-0.3, -0.25) is 0 Å². The zero-order chi connectivity index (χ0) is 24.8. The number of thiophene rings is 1. The fourth-order valence-electron chi connectivity index (χ4n) is 3.60. The molecular weight excluding hydrogens is 466 g/mol. The first kappa shape index (κ1) is 24.3. The minimum atomic E-state index is -1.44. The fraction of sp³-hybridized carbons (Fsp3) is 0.259. The van der Waals surface area contributed by atoms with Gasteiger partial charge >= 0.3 is 5.97 Å². The Bertz CT molecular complexity index is 1270. The second-order valence-corrected chi connectivity index (χ2v) is 9.18. The van der Waals surface area contributed by atoms with Gasteiger partial charge in [0.2, 0.25) is 11.5 Å². The van der Waals surface area contributed by atoms with Gasteiger partial charge in [-0.2, -0.15) is 0 Å². The van der Waals surface area contributed by atoms with Crippen LogP contribution in [-0.2, 0) is 17.6 Å². The second-order valence-electron chi connectivity index (χ2n) is 8.24. The van der Waals surface area contributed by atoms with Crippen LogP contribution in [0.2, 0.25) is 0 Å². The lowest BCUT2D eigenvalue weighted by atomic mass is 9.96. The number of hydrogen-bond donors (Lipinski definition) is 1. The molecule has 0 aliphatic heterocycles. The minimum absolute atomic E-state index is 0.184. The molecule has 182 valence electrons. The van der Waals surface area contributed by atoms with Crippen LogP contribution in [0.3, 0.4) is 0 Å². The number of nitrogens with zero attached hydrogens (tertiary/aromatic N) is 1. The van der Waals surface area contributed by atoms with Crippen molar-refractivity contribution in [2.45, 2.75) is 32.3 Å². The molecule has 4 aromatic rings. The molecule has 2 aromatic carbocycles. The average Bonchev–Trinajstić information content (AvgIpc) is 3.50. The van der Waals surface area contributed by atoms with Crippen LogP contribution >= 0.6 is 11.3 Å². The SMILES string of the molecule is COc1cccc(OC(C)(Cc2ccc(OCCc3nc(-c4cccs4)oc3C)cc2)C(=O)O)c1. The number of hydrogen-bond acceptors (Lipinski definition) is 7. The lowest BCUT2D eigenvalue weighted by molar-refractivity contribution is -0.153. The number of rotatable bonds is 11. The van der Waals surface area contributed by atoms with Crippen LogP contribution in [0.4, 0.5) is 0 Å². The summed E-state index contributed by atoms with van der Waals surface area (Å²) in [6, 6.07) is 18.2.